The second-order valence-corrected chi connectivity index (χ2v) is 12.8. The van der Waals surface area contributed by atoms with Gasteiger partial charge in [0, 0.05) is 61.2 Å². The van der Waals surface area contributed by atoms with Crippen LogP contribution in [0.3, 0.4) is 0 Å². The molecule has 0 saturated carbocycles. The highest BCUT2D eigenvalue weighted by molar-refractivity contribution is 7.89. The summed E-state index contributed by atoms with van der Waals surface area (Å²) in [6.07, 6.45) is -4.09. The SMILES string of the molecule is Cc1cc(C)c2c(n1)S(=O)(=O)N(CCCN1CCN(c3cccc(C(F)(F)F)c3)CC1)C(=C(O)c1ccc(Cl)cc1)C2=O. The highest BCUT2D eigenvalue weighted by Gasteiger charge is 2.43. The van der Waals surface area contributed by atoms with Crippen molar-refractivity contribution in [2.24, 2.45) is 0 Å². The van der Waals surface area contributed by atoms with Crippen molar-refractivity contribution < 1.29 is 31.5 Å². The quantitative estimate of drug-likeness (QED) is 0.275. The first kappa shape index (κ1) is 30.8. The lowest BCUT2D eigenvalue weighted by atomic mass is 10.0. The van der Waals surface area contributed by atoms with Crippen LogP contribution in [0.25, 0.3) is 5.76 Å². The van der Waals surface area contributed by atoms with E-state index >= 15 is 0 Å². The molecule has 0 bridgehead atoms. The van der Waals surface area contributed by atoms with Crippen molar-refractivity contribution >= 4 is 38.9 Å². The number of ketones is 1. The van der Waals surface area contributed by atoms with Crippen molar-refractivity contribution in [3.05, 3.63) is 93.3 Å². The number of sulfonamides is 1. The first-order valence-electron chi connectivity index (χ1n) is 13.7. The molecule has 0 atom stereocenters. The van der Waals surface area contributed by atoms with Gasteiger partial charge in [-0.25, -0.2) is 4.98 Å². The third-order valence-electron chi connectivity index (χ3n) is 7.63. The number of carbonyl (C=O) groups excluding carboxylic acids is 1. The van der Waals surface area contributed by atoms with Crippen LogP contribution in [0.15, 0.2) is 65.3 Å². The Kier molecular flexibility index (Phi) is 8.47. The highest BCUT2D eigenvalue weighted by Crippen LogP contribution is 2.37. The molecule has 228 valence electrons. The Morgan fingerprint density at radius 1 is 1.00 bits per heavy atom. The predicted molar refractivity (Wildman–Crippen MR) is 158 cm³/mol. The summed E-state index contributed by atoms with van der Waals surface area (Å²) in [5.74, 6) is -1.12. The van der Waals surface area contributed by atoms with Gasteiger partial charge in [0.15, 0.2) is 10.8 Å². The molecule has 0 spiro atoms. The topological polar surface area (TPSA) is 94.1 Å². The summed E-state index contributed by atoms with van der Waals surface area (Å²) in [6, 6.07) is 12.9. The Bertz CT molecular complexity index is 1690. The van der Waals surface area contributed by atoms with Gasteiger partial charge >= 0.3 is 6.18 Å². The van der Waals surface area contributed by atoms with E-state index in [4.69, 9.17) is 11.6 Å². The summed E-state index contributed by atoms with van der Waals surface area (Å²) in [5, 5.41) is 11.3. The minimum atomic E-state index is -4.42. The van der Waals surface area contributed by atoms with Crippen molar-refractivity contribution in [2.45, 2.75) is 31.5 Å². The maximum atomic E-state index is 13.9. The number of fused-ring (bicyclic) bond motifs is 1. The van der Waals surface area contributed by atoms with Crippen LogP contribution in [0.1, 0.15) is 39.2 Å². The number of benzene rings is 2. The van der Waals surface area contributed by atoms with Crippen LogP contribution < -0.4 is 4.90 Å². The molecular formula is C30H30ClF3N4O4S. The number of hydrogen-bond donors (Lipinski definition) is 1. The van der Waals surface area contributed by atoms with Crippen LogP contribution in [-0.4, -0.2) is 72.8 Å². The van der Waals surface area contributed by atoms with Crippen molar-refractivity contribution in [2.75, 3.05) is 44.2 Å². The van der Waals surface area contributed by atoms with Crippen LogP contribution in [-0.2, 0) is 16.2 Å². The van der Waals surface area contributed by atoms with Crippen LogP contribution >= 0.6 is 11.6 Å². The number of piperazine rings is 1. The number of rotatable bonds is 6. The van der Waals surface area contributed by atoms with E-state index in [0.717, 1.165) is 16.4 Å². The standard InChI is InChI=1S/C30H30ClF3N4O4S/c1-19-17-20(2)35-29-25(19)28(40)26(27(39)21-7-9-23(31)10-8-21)38(43(29,41)42)12-4-11-36-13-15-37(16-14-36)24-6-3-5-22(18-24)30(32,33)34/h3,5-10,17-18,39H,4,11-16H2,1-2H3. The van der Waals surface area contributed by atoms with E-state index < -0.39 is 33.3 Å². The number of anilines is 1. The molecule has 8 nitrogen and oxygen atoms in total. The molecular weight excluding hydrogens is 605 g/mol. The Balaban J connectivity index is 1.35. The van der Waals surface area contributed by atoms with Crippen molar-refractivity contribution in [3.8, 4) is 0 Å². The van der Waals surface area contributed by atoms with E-state index in [-0.39, 0.29) is 28.4 Å². The number of nitrogens with zero attached hydrogens (tertiary/aromatic N) is 4. The third kappa shape index (κ3) is 6.22. The van der Waals surface area contributed by atoms with Crippen LogP contribution in [0, 0.1) is 13.8 Å². The smallest absolute Gasteiger partial charge is 0.416 e. The Hall–Kier alpha value is -3.61. The minimum absolute atomic E-state index is 0.0666. The largest absolute Gasteiger partial charge is 0.505 e. The Morgan fingerprint density at radius 3 is 2.33 bits per heavy atom. The molecule has 0 amide bonds. The zero-order valence-corrected chi connectivity index (χ0v) is 25.1. The summed E-state index contributed by atoms with van der Waals surface area (Å²) in [5.41, 5.74) is 0.505. The fourth-order valence-corrected chi connectivity index (χ4v) is 7.36. The summed E-state index contributed by atoms with van der Waals surface area (Å²) >= 11 is 5.99. The summed E-state index contributed by atoms with van der Waals surface area (Å²) in [7, 11) is -4.30. The molecule has 1 fully saturated rings. The number of halogens is 4. The van der Waals surface area contributed by atoms with Gasteiger partial charge in [-0.1, -0.05) is 17.7 Å². The zero-order chi connectivity index (χ0) is 31.1. The number of Topliss-reactive ketones (excluding diaryl/α,β-unsaturated/α-hetero) is 1. The second-order valence-electron chi connectivity index (χ2n) is 10.6. The molecule has 3 aromatic rings. The summed E-state index contributed by atoms with van der Waals surface area (Å²) in [6.45, 7) is 5.77. The number of aromatic nitrogens is 1. The van der Waals surface area contributed by atoms with Gasteiger partial charge in [0.2, 0.25) is 5.78 Å². The van der Waals surface area contributed by atoms with Crippen molar-refractivity contribution in [1.29, 1.82) is 0 Å². The van der Waals surface area contributed by atoms with Gasteiger partial charge in [-0.15, -0.1) is 0 Å². The van der Waals surface area contributed by atoms with E-state index in [0.29, 0.717) is 61.1 Å². The van der Waals surface area contributed by atoms with Crippen LogP contribution in [0.2, 0.25) is 5.02 Å². The lowest BCUT2D eigenvalue weighted by Crippen LogP contribution is -2.47. The van der Waals surface area contributed by atoms with Gasteiger partial charge in [0.05, 0.1) is 11.1 Å². The van der Waals surface area contributed by atoms with Crippen molar-refractivity contribution in [1.82, 2.24) is 14.2 Å². The van der Waals surface area contributed by atoms with Gasteiger partial charge < -0.3 is 10.0 Å². The molecule has 5 rings (SSSR count). The molecule has 0 unspecified atom stereocenters. The second kappa shape index (κ2) is 11.8. The fraction of sp³-hybridized carbons (Fsp3) is 0.333. The van der Waals surface area contributed by atoms with E-state index in [9.17, 15) is 31.5 Å². The molecule has 0 radical (unpaired) electrons. The van der Waals surface area contributed by atoms with Crippen LogP contribution in [0.5, 0.6) is 0 Å². The van der Waals surface area contributed by atoms with Gasteiger partial charge in [-0.3, -0.25) is 14.0 Å². The number of hydrogen-bond acceptors (Lipinski definition) is 7. The van der Waals surface area contributed by atoms with Gasteiger partial charge in [0.25, 0.3) is 10.0 Å². The fourth-order valence-electron chi connectivity index (χ4n) is 5.47. The molecule has 3 heterocycles. The number of aliphatic hydroxyl groups excluding tert-OH is 1. The number of allylic oxidation sites excluding steroid dienone is 1. The van der Waals surface area contributed by atoms with Gasteiger partial charge in [-0.05, 0) is 74.4 Å². The normalized spacial score (nSPS) is 18.5. The third-order valence-corrected chi connectivity index (χ3v) is 9.61. The first-order valence-corrected chi connectivity index (χ1v) is 15.5. The molecule has 2 aliphatic rings. The molecule has 1 aromatic heterocycles. The summed E-state index contributed by atoms with van der Waals surface area (Å²) in [4.78, 5) is 22.0. The van der Waals surface area contributed by atoms with E-state index in [1.807, 2.05) is 4.90 Å². The lowest BCUT2D eigenvalue weighted by molar-refractivity contribution is -0.137. The number of alkyl halides is 3. The van der Waals surface area contributed by atoms with E-state index in [1.54, 1.807) is 26.0 Å². The van der Waals surface area contributed by atoms with Crippen LogP contribution in [0.4, 0.5) is 18.9 Å². The monoisotopic (exact) mass is 634 g/mol. The molecule has 2 aliphatic heterocycles. The number of aliphatic hydroxyl groups is 1. The zero-order valence-electron chi connectivity index (χ0n) is 23.5. The van der Waals surface area contributed by atoms with Gasteiger partial charge in [0.1, 0.15) is 5.70 Å². The molecule has 13 heteroatoms. The minimum Gasteiger partial charge on any atom is -0.505 e. The molecule has 43 heavy (non-hydrogen) atoms. The molecule has 2 aromatic carbocycles. The molecule has 0 aliphatic carbocycles. The van der Waals surface area contributed by atoms with E-state index in [1.165, 1.54) is 30.3 Å². The maximum absolute atomic E-state index is 13.9. The molecule has 1 N–H and O–H groups in total. The Labute approximate surface area is 253 Å². The van der Waals surface area contributed by atoms with Gasteiger partial charge in [-0.2, -0.15) is 21.6 Å². The summed E-state index contributed by atoms with van der Waals surface area (Å²) < 4.78 is 68.2. The number of pyridine rings is 1. The number of aryl methyl sites for hydroxylation is 2. The van der Waals surface area contributed by atoms with Crippen molar-refractivity contribution in [3.63, 3.8) is 0 Å². The average Bonchev–Trinajstić information content (AvgIpc) is 2.95. The Morgan fingerprint density at radius 2 is 1.67 bits per heavy atom. The average molecular weight is 635 g/mol. The predicted octanol–water partition coefficient (Wildman–Crippen LogP) is 5.70. The molecule has 1 saturated heterocycles. The lowest BCUT2D eigenvalue weighted by Gasteiger charge is -2.37. The van der Waals surface area contributed by atoms with E-state index in [2.05, 4.69) is 9.88 Å². The highest BCUT2D eigenvalue weighted by atomic mass is 35.5. The first-order chi connectivity index (χ1) is 20.3. The maximum Gasteiger partial charge on any atom is 0.416 e. The number of carbonyl (C=O) groups is 1.